The van der Waals surface area contributed by atoms with Crippen LogP contribution in [0.2, 0.25) is 5.02 Å². The SMILES string of the molecule is COc1cc(F)ccc1S(=O)(=O)N1CCN(c2nc(-c3cccs3)nc3cc(Cl)ccc23)CC1. The summed E-state index contributed by atoms with van der Waals surface area (Å²) in [5.74, 6) is 0.770. The normalized spacial score (nSPS) is 15.1. The number of piperazine rings is 1. The Morgan fingerprint density at radius 3 is 2.56 bits per heavy atom. The van der Waals surface area contributed by atoms with Crippen molar-refractivity contribution in [3.8, 4) is 16.5 Å². The molecule has 34 heavy (non-hydrogen) atoms. The van der Waals surface area contributed by atoms with Gasteiger partial charge in [0.25, 0.3) is 0 Å². The van der Waals surface area contributed by atoms with E-state index in [1.54, 1.807) is 23.5 Å². The Kier molecular flexibility index (Phi) is 6.15. The highest BCUT2D eigenvalue weighted by molar-refractivity contribution is 7.89. The van der Waals surface area contributed by atoms with E-state index in [9.17, 15) is 12.8 Å². The van der Waals surface area contributed by atoms with Crippen LogP contribution in [0.1, 0.15) is 0 Å². The second-order valence-corrected chi connectivity index (χ2v) is 11.0. The van der Waals surface area contributed by atoms with Gasteiger partial charge < -0.3 is 9.64 Å². The molecule has 0 bridgehead atoms. The van der Waals surface area contributed by atoms with Gasteiger partial charge in [-0.1, -0.05) is 17.7 Å². The first-order valence-corrected chi connectivity index (χ1v) is 13.2. The molecule has 176 valence electrons. The summed E-state index contributed by atoms with van der Waals surface area (Å²) in [6.45, 7) is 1.36. The van der Waals surface area contributed by atoms with Crippen LogP contribution in [-0.4, -0.2) is 56.0 Å². The zero-order valence-corrected chi connectivity index (χ0v) is 20.5. The van der Waals surface area contributed by atoms with Crippen molar-refractivity contribution >= 4 is 49.7 Å². The number of nitrogens with zero attached hydrogens (tertiary/aromatic N) is 4. The molecule has 0 atom stereocenters. The number of thiophene rings is 1. The fraction of sp³-hybridized carbons (Fsp3) is 0.217. The topological polar surface area (TPSA) is 75.6 Å². The molecule has 0 unspecified atom stereocenters. The lowest BCUT2D eigenvalue weighted by atomic mass is 10.2. The standard InChI is InChI=1S/C23H20ClFN4O3S2/c1-32-19-14-16(25)5-7-21(19)34(30,31)29-10-8-28(9-11-29)23-17-6-4-15(24)13-18(17)26-22(27-23)20-3-2-12-33-20/h2-7,12-14H,8-11H2,1H3. The summed E-state index contributed by atoms with van der Waals surface area (Å²) in [5, 5.41) is 3.40. The van der Waals surface area contributed by atoms with Gasteiger partial charge in [0, 0.05) is 42.7 Å². The van der Waals surface area contributed by atoms with Crippen LogP contribution in [-0.2, 0) is 10.0 Å². The Balaban J connectivity index is 1.45. The van der Waals surface area contributed by atoms with E-state index in [0.29, 0.717) is 23.9 Å². The number of methoxy groups -OCH3 is 1. The minimum Gasteiger partial charge on any atom is -0.495 e. The van der Waals surface area contributed by atoms with Gasteiger partial charge in [-0.25, -0.2) is 22.8 Å². The number of halogens is 2. The van der Waals surface area contributed by atoms with E-state index >= 15 is 0 Å². The Morgan fingerprint density at radius 2 is 1.85 bits per heavy atom. The van der Waals surface area contributed by atoms with E-state index in [2.05, 4.69) is 4.90 Å². The minimum atomic E-state index is -3.85. The molecule has 1 aliphatic heterocycles. The van der Waals surface area contributed by atoms with Crippen molar-refractivity contribution in [1.82, 2.24) is 14.3 Å². The predicted molar refractivity (Wildman–Crippen MR) is 132 cm³/mol. The Hall–Kier alpha value is -2.79. The number of hydrogen-bond donors (Lipinski definition) is 0. The molecule has 1 saturated heterocycles. The molecule has 0 amide bonds. The maximum Gasteiger partial charge on any atom is 0.246 e. The molecule has 0 saturated carbocycles. The Bertz CT molecular complexity index is 1460. The summed E-state index contributed by atoms with van der Waals surface area (Å²) in [6, 6.07) is 12.8. The molecular formula is C23H20ClFN4O3S2. The van der Waals surface area contributed by atoms with Crippen LogP contribution in [0, 0.1) is 5.82 Å². The Labute approximate surface area is 205 Å². The monoisotopic (exact) mass is 518 g/mol. The van der Waals surface area contributed by atoms with Crippen LogP contribution in [0.25, 0.3) is 21.6 Å². The molecule has 11 heteroatoms. The van der Waals surface area contributed by atoms with Crippen LogP contribution in [0.3, 0.4) is 0 Å². The number of aromatic nitrogens is 2. The molecule has 3 heterocycles. The van der Waals surface area contributed by atoms with E-state index in [4.69, 9.17) is 26.3 Å². The highest BCUT2D eigenvalue weighted by Gasteiger charge is 2.32. The third-order valence-corrected chi connectivity index (χ3v) is 8.70. The molecule has 0 radical (unpaired) electrons. The minimum absolute atomic E-state index is 0.0123. The number of rotatable bonds is 5. The summed E-state index contributed by atoms with van der Waals surface area (Å²) in [5.41, 5.74) is 0.729. The zero-order valence-electron chi connectivity index (χ0n) is 18.1. The van der Waals surface area contributed by atoms with E-state index in [0.717, 1.165) is 33.7 Å². The van der Waals surface area contributed by atoms with Crippen molar-refractivity contribution in [1.29, 1.82) is 0 Å². The van der Waals surface area contributed by atoms with Gasteiger partial charge in [-0.05, 0) is 41.8 Å². The van der Waals surface area contributed by atoms with Crippen LogP contribution in [0.5, 0.6) is 5.75 Å². The number of benzene rings is 2. The summed E-state index contributed by atoms with van der Waals surface area (Å²) in [6.07, 6.45) is 0. The first kappa shape index (κ1) is 23.0. The summed E-state index contributed by atoms with van der Waals surface area (Å²) in [7, 11) is -2.53. The van der Waals surface area contributed by atoms with Crippen molar-refractivity contribution < 1.29 is 17.5 Å². The molecule has 0 aliphatic carbocycles. The van der Waals surface area contributed by atoms with E-state index in [-0.39, 0.29) is 23.7 Å². The number of hydrogen-bond acceptors (Lipinski definition) is 7. The average molecular weight is 519 g/mol. The number of sulfonamides is 1. The molecule has 0 N–H and O–H groups in total. The Morgan fingerprint density at radius 1 is 1.06 bits per heavy atom. The maximum atomic E-state index is 13.6. The zero-order chi connectivity index (χ0) is 23.9. The van der Waals surface area contributed by atoms with Gasteiger partial charge in [-0.2, -0.15) is 4.31 Å². The van der Waals surface area contributed by atoms with E-state index < -0.39 is 15.8 Å². The van der Waals surface area contributed by atoms with Gasteiger partial charge in [0.05, 0.1) is 17.5 Å². The highest BCUT2D eigenvalue weighted by atomic mass is 35.5. The average Bonchev–Trinajstić information content (AvgIpc) is 3.38. The molecule has 4 aromatic rings. The quantitative estimate of drug-likeness (QED) is 0.382. The fourth-order valence-electron chi connectivity index (χ4n) is 3.98. The van der Waals surface area contributed by atoms with Crippen LogP contribution in [0.4, 0.5) is 10.2 Å². The molecule has 1 aliphatic rings. The number of fused-ring (bicyclic) bond motifs is 1. The molecule has 7 nitrogen and oxygen atoms in total. The van der Waals surface area contributed by atoms with Crippen molar-refractivity contribution in [3.63, 3.8) is 0 Å². The third kappa shape index (κ3) is 4.22. The summed E-state index contributed by atoms with van der Waals surface area (Å²) < 4.78 is 46.6. The molecule has 2 aromatic carbocycles. The van der Waals surface area contributed by atoms with Gasteiger partial charge in [0.2, 0.25) is 10.0 Å². The lowest BCUT2D eigenvalue weighted by Gasteiger charge is -2.35. The van der Waals surface area contributed by atoms with Gasteiger partial charge in [0.15, 0.2) is 5.82 Å². The van der Waals surface area contributed by atoms with Crippen molar-refractivity contribution in [3.05, 3.63) is 64.8 Å². The summed E-state index contributed by atoms with van der Waals surface area (Å²) in [4.78, 5) is 12.5. The second kappa shape index (κ2) is 9.10. The summed E-state index contributed by atoms with van der Waals surface area (Å²) >= 11 is 7.76. The van der Waals surface area contributed by atoms with Crippen molar-refractivity contribution in [2.24, 2.45) is 0 Å². The van der Waals surface area contributed by atoms with E-state index in [1.165, 1.54) is 17.5 Å². The van der Waals surface area contributed by atoms with Gasteiger partial charge in [-0.15, -0.1) is 11.3 Å². The fourth-order valence-corrected chi connectivity index (χ4v) is 6.36. The largest absolute Gasteiger partial charge is 0.495 e. The van der Waals surface area contributed by atoms with Crippen LogP contribution < -0.4 is 9.64 Å². The van der Waals surface area contributed by atoms with Crippen molar-refractivity contribution in [2.75, 3.05) is 38.2 Å². The molecule has 0 spiro atoms. The van der Waals surface area contributed by atoms with Crippen LogP contribution >= 0.6 is 22.9 Å². The third-order valence-electron chi connectivity index (χ3n) is 5.66. The highest BCUT2D eigenvalue weighted by Crippen LogP contribution is 2.33. The van der Waals surface area contributed by atoms with Crippen molar-refractivity contribution in [2.45, 2.75) is 4.90 Å². The lowest BCUT2D eigenvalue weighted by molar-refractivity contribution is 0.372. The maximum absolute atomic E-state index is 13.6. The van der Waals surface area contributed by atoms with Gasteiger partial charge in [0.1, 0.15) is 22.3 Å². The van der Waals surface area contributed by atoms with E-state index in [1.807, 2.05) is 23.6 Å². The molecule has 2 aromatic heterocycles. The smallest absolute Gasteiger partial charge is 0.246 e. The predicted octanol–water partition coefficient (Wildman–Crippen LogP) is 4.67. The van der Waals surface area contributed by atoms with Gasteiger partial charge in [-0.3, -0.25) is 0 Å². The second-order valence-electron chi connectivity index (χ2n) is 7.70. The first-order valence-electron chi connectivity index (χ1n) is 10.5. The number of ether oxygens (including phenoxy) is 1. The van der Waals surface area contributed by atoms with Crippen LogP contribution in [0.15, 0.2) is 58.8 Å². The molecule has 5 rings (SSSR count). The van der Waals surface area contributed by atoms with Gasteiger partial charge >= 0.3 is 0 Å². The lowest BCUT2D eigenvalue weighted by Crippen LogP contribution is -2.49. The molecular weight excluding hydrogens is 499 g/mol. The number of anilines is 1. The molecule has 1 fully saturated rings. The first-order chi connectivity index (χ1) is 16.4.